The van der Waals surface area contributed by atoms with Gasteiger partial charge < -0.3 is 9.73 Å². The summed E-state index contributed by atoms with van der Waals surface area (Å²) >= 11 is 0. The third kappa shape index (κ3) is 5.59. The molecular formula is C34H42N4O2. The summed E-state index contributed by atoms with van der Waals surface area (Å²) in [6.45, 7) is 6.59. The highest BCUT2D eigenvalue weighted by atomic mass is 16.3. The summed E-state index contributed by atoms with van der Waals surface area (Å²) in [7, 11) is 0. The van der Waals surface area contributed by atoms with Gasteiger partial charge in [0.15, 0.2) is 5.58 Å². The second-order valence-corrected chi connectivity index (χ2v) is 13.0. The molecule has 2 fully saturated rings. The second-order valence-electron chi connectivity index (χ2n) is 13.0. The third-order valence-corrected chi connectivity index (χ3v) is 9.18. The molecule has 1 amide bonds. The Balaban J connectivity index is 1.21. The second kappa shape index (κ2) is 11.2. The Morgan fingerprint density at radius 1 is 0.925 bits per heavy atom. The predicted molar refractivity (Wildman–Crippen MR) is 161 cm³/mol. The minimum absolute atomic E-state index is 0.0398. The van der Waals surface area contributed by atoms with Crippen LogP contribution in [0.4, 0.5) is 5.69 Å². The third-order valence-electron chi connectivity index (χ3n) is 9.18. The summed E-state index contributed by atoms with van der Waals surface area (Å²) in [5.74, 6) is 1.95. The number of anilines is 1. The predicted octanol–water partition coefficient (Wildman–Crippen LogP) is 8.90. The topological polar surface area (TPSA) is 83.8 Å². The van der Waals surface area contributed by atoms with Crippen molar-refractivity contribution >= 4 is 22.7 Å². The van der Waals surface area contributed by atoms with Gasteiger partial charge in [0.25, 0.3) is 0 Å². The van der Waals surface area contributed by atoms with Crippen LogP contribution in [0.2, 0.25) is 0 Å². The van der Waals surface area contributed by atoms with Crippen LogP contribution in [0.5, 0.6) is 0 Å². The van der Waals surface area contributed by atoms with Gasteiger partial charge in [-0.15, -0.1) is 0 Å². The number of fused-ring (bicyclic) bond motifs is 1. The average molecular weight is 539 g/mol. The van der Waals surface area contributed by atoms with Gasteiger partial charge in [-0.3, -0.25) is 9.89 Å². The smallest absolute Gasteiger partial charge is 0.231 e. The molecule has 2 aromatic carbocycles. The molecule has 0 saturated heterocycles. The zero-order valence-electron chi connectivity index (χ0n) is 24.1. The molecule has 0 spiro atoms. The van der Waals surface area contributed by atoms with Crippen LogP contribution in [0.1, 0.15) is 90.5 Å². The first kappa shape index (κ1) is 26.8. The molecule has 2 aliphatic carbocycles. The number of oxazole rings is 1. The zero-order valence-corrected chi connectivity index (χ0v) is 24.1. The molecule has 2 N–H and O–H groups in total. The van der Waals surface area contributed by atoms with Crippen LogP contribution < -0.4 is 5.32 Å². The van der Waals surface area contributed by atoms with Gasteiger partial charge in [-0.05, 0) is 72.8 Å². The molecule has 4 aromatic rings. The van der Waals surface area contributed by atoms with E-state index in [9.17, 15) is 4.79 Å². The average Bonchev–Trinajstić information content (AvgIpc) is 3.61. The largest absolute Gasteiger partial charge is 0.436 e. The molecule has 2 heterocycles. The molecule has 0 aliphatic heterocycles. The number of hydrogen-bond acceptors (Lipinski definition) is 4. The lowest BCUT2D eigenvalue weighted by Crippen LogP contribution is -2.37. The summed E-state index contributed by atoms with van der Waals surface area (Å²) in [6.07, 6.45) is 14.2. The molecule has 0 bridgehead atoms. The van der Waals surface area contributed by atoms with Crippen molar-refractivity contribution in [1.82, 2.24) is 15.2 Å². The van der Waals surface area contributed by atoms with Crippen LogP contribution in [-0.2, 0) is 10.2 Å². The fraction of sp³-hybridized carbons (Fsp3) is 0.500. The molecule has 2 saturated carbocycles. The van der Waals surface area contributed by atoms with E-state index in [0.717, 1.165) is 33.6 Å². The first-order valence-electron chi connectivity index (χ1n) is 15.2. The van der Waals surface area contributed by atoms with Gasteiger partial charge in [0.1, 0.15) is 5.52 Å². The molecule has 2 aliphatic rings. The monoisotopic (exact) mass is 538 g/mol. The van der Waals surface area contributed by atoms with Crippen molar-refractivity contribution in [3.05, 3.63) is 54.2 Å². The highest BCUT2D eigenvalue weighted by Crippen LogP contribution is 2.41. The highest BCUT2D eigenvalue weighted by Gasteiger charge is 2.36. The Labute approximate surface area is 237 Å². The standard InChI is InChI=1S/C34H42N4O2/c1-34(2,3)25-16-19-29-28(20-25)37-33(40-29)27-21-35-38-31(27)24-14-17-26(18-15-24)36-32(39)30(22-10-6-4-7-11-22)23-12-8-5-9-13-23/h14-23,30H,4-13H2,1-3H3,(H,35,38)(H,36,39). The summed E-state index contributed by atoms with van der Waals surface area (Å²) in [4.78, 5) is 18.5. The molecule has 0 atom stereocenters. The molecule has 210 valence electrons. The van der Waals surface area contributed by atoms with Crippen molar-refractivity contribution < 1.29 is 9.21 Å². The van der Waals surface area contributed by atoms with Crippen LogP contribution in [0, 0.1) is 17.8 Å². The number of amides is 1. The summed E-state index contributed by atoms with van der Waals surface area (Å²) in [6, 6.07) is 14.3. The number of aromatic nitrogens is 3. The molecular weight excluding hydrogens is 496 g/mol. The van der Waals surface area contributed by atoms with Crippen molar-refractivity contribution in [1.29, 1.82) is 0 Å². The van der Waals surface area contributed by atoms with Gasteiger partial charge >= 0.3 is 0 Å². The van der Waals surface area contributed by atoms with Crippen molar-refractivity contribution in [2.75, 3.05) is 5.32 Å². The van der Waals surface area contributed by atoms with E-state index in [1.807, 2.05) is 30.3 Å². The summed E-state index contributed by atoms with van der Waals surface area (Å²) in [5.41, 5.74) is 6.36. The molecule has 0 unspecified atom stereocenters. The maximum atomic E-state index is 13.7. The number of carbonyl (C=O) groups excluding carboxylic acids is 1. The van der Waals surface area contributed by atoms with E-state index in [1.54, 1.807) is 6.20 Å². The molecule has 40 heavy (non-hydrogen) atoms. The lowest BCUT2D eigenvalue weighted by Gasteiger charge is -2.36. The number of nitrogens with zero attached hydrogens (tertiary/aromatic N) is 2. The maximum Gasteiger partial charge on any atom is 0.231 e. The van der Waals surface area contributed by atoms with Crippen molar-refractivity contribution in [3.8, 4) is 22.7 Å². The molecule has 6 nitrogen and oxygen atoms in total. The minimum Gasteiger partial charge on any atom is -0.436 e. The van der Waals surface area contributed by atoms with Crippen molar-refractivity contribution in [3.63, 3.8) is 0 Å². The Morgan fingerprint density at radius 2 is 1.57 bits per heavy atom. The van der Waals surface area contributed by atoms with Crippen LogP contribution in [0.25, 0.3) is 33.8 Å². The van der Waals surface area contributed by atoms with Gasteiger partial charge in [0.05, 0.1) is 17.5 Å². The quantitative estimate of drug-likeness (QED) is 0.257. The first-order valence-corrected chi connectivity index (χ1v) is 15.2. The lowest BCUT2D eigenvalue weighted by molar-refractivity contribution is -0.124. The first-order chi connectivity index (χ1) is 19.4. The highest BCUT2D eigenvalue weighted by molar-refractivity contribution is 5.93. The zero-order chi connectivity index (χ0) is 27.7. The van der Waals surface area contributed by atoms with Gasteiger partial charge in [0, 0.05) is 17.2 Å². The van der Waals surface area contributed by atoms with E-state index in [-0.39, 0.29) is 17.2 Å². The SMILES string of the molecule is CC(C)(C)c1ccc2oc(-c3cn[nH]c3-c3ccc(NC(=O)C(C4CCCCC4)C4CCCCC4)cc3)nc2c1. The molecule has 6 heteroatoms. The normalized spacial score (nSPS) is 17.5. The van der Waals surface area contributed by atoms with E-state index in [4.69, 9.17) is 9.40 Å². The van der Waals surface area contributed by atoms with E-state index in [2.05, 4.69) is 48.4 Å². The maximum absolute atomic E-state index is 13.7. The Morgan fingerprint density at radius 3 is 2.20 bits per heavy atom. The van der Waals surface area contributed by atoms with Crippen LogP contribution in [-0.4, -0.2) is 21.1 Å². The number of nitrogens with one attached hydrogen (secondary N) is 2. The van der Waals surface area contributed by atoms with Gasteiger partial charge in [-0.1, -0.05) is 77.5 Å². The van der Waals surface area contributed by atoms with Gasteiger partial charge in [-0.25, -0.2) is 4.98 Å². The molecule has 6 rings (SSSR count). The fourth-order valence-electron chi connectivity index (χ4n) is 6.92. The number of H-pyrrole nitrogens is 1. The van der Waals surface area contributed by atoms with Crippen LogP contribution >= 0.6 is 0 Å². The van der Waals surface area contributed by atoms with Crippen molar-refractivity contribution in [2.45, 2.75) is 90.4 Å². The summed E-state index contributed by atoms with van der Waals surface area (Å²) in [5, 5.41) is 10.7. The van der Waals surface area contributed by atoms with E-state index < -0.39 is 0 Å². The number of carbonyl (C=O) groups is 1. The van der Waals surface area contributed by atoms with Gasteiger partial charge in [0.2, 0.25) is 11.8 Å². The van der Waals surface area contributed by atoms with Crippen molar-refractivity contribution in [2.24, 2.45) is 17.8 Å². The Bertz CT molecular complexity index is 1430. The number of rotatable bonds is 6. The molecule has 2 aromatic heterocycles. The Kier molecular flexibility index (Phi) is 7.52. The Hall–Kier alpha value is -3.41. The van der Waals surface area contributed by atoms with Crippen LogP contribution in [0.3, 0.4) is 0 Å². The van der Waals surface area contributed by atoms with E-state index >= 15 is 0 Å². The fourth-order valence-corrected chi connectivity index (χ4v) is 6.92. The van der Waals surface area contributed by atoms with E-state index in [0.29, 0.717) is 17.7 Å². The van der Waals surface area contributed by atoms with Crippen LogP contribution in [0.15, 0.2) is 53.1 Å². The van der Waals surface area contributed by atoms with Gasteiger partial charge in [-0.2, -0.15) is 5.10 Å². The lowest BCUT2D eigenvalue weighted by atomic mass is 9.69. The number of benzene rings is 2. The number of aromatic amines is 1. The van der Waals surface area contributed by atoms with E-state index in [1.165, 1.54) is 69.8 Å². The summed E-state index contributed by atoms with van der Waals surface area (Å²) < 4.78 is 6.13. The molecule has 0 radical (unpaired) electrons. The number of hydrogen-bond donors (Lipinski definition) is 2. The minimum atomic E-state index is 0.0398.